The molecule has 28 heavy (non-hydrogen) atoms. The second-order valence-electron chi connectivity index (χ2n) is 6.86. The molecular weight excluding hydrogens is 370 g/mol. The Morgan fingerprint density at radius 2 is 2.07 bits per heavy atom. The molecule has 0 bridgehead atoms. The quantitative estimate of drug-likeness (QED) is 0.463. The number of aryl methyl sites for hydroxylation is 1. The van der Waals surface area contributed by atoms with Crippen molar-refractivity contribution in [2.45, 2.75) is 44.5 Å². The van der Waals surface area contributed by atoms with Crippen LogP contribution in [0.2, 0.25) is 0 Å². The predicted molar refractivity (Wildman–Crippen MR) is 97.6 cm³/mol. The fourth-order valence-corrected chi connectivity index (χ4v) is 3.27. The highest BCUT2D eigenvalue weighted by Crippen LogP contribution is 2.30. The first-order valence-electron chi connectivity index (χ1n) is 8.77. The van der Waals surface area contributed by atoms with Gasteiger partial charge in [0.05, 0.1) is 12.3 Å². The number of likely N-dealkylation sites (N-methyl/N-ethyl adjacent to an activating group) is 1. The van der Waals surface area contributed by atoms with Crippen molar-refractivity contribution in [2.24, 2.45) is 5.16 Å². The average molecular weight is 393 g/mol. The number of amides is 2. The number of benzene rings is 1. The maximum absolute atomic E-state index is 12.5. The summed E-state index contributed by atoms with van der Waals surface area (Å²) in [5.41, 5.74) is 2.23. The summed E-state index contributed by atoms with van der Waals surface area (Å²) in [6, 6.07) is 4.31. The van der Waals surface area contributed by atoms with Crippen molar-refractivity contribution >= 4 is 23.2 Å². The molecule has 0 radical (unpaired) electrons. The number of nitrogens with one attached hydrogen (secondary N) is 1. The molecule has 0 unspecified atom stereocenters. The van der Waals surface area contributed by atoms with Crippen LogP contribution in [0.25, 0.3) is 0 Å². The number of hydrogen-bond acceptors (Lipinski definition) is 8. The molecule has 5 atom stereocenters. The van der Waals surface area contributed by atoms with Gasteiger partial charge in [0.15, 0.2) is 5.71 Å². The molecule has 152 valence electrons. The molecule has 2 heterocycles. The van der Waals surface area contributed by atoms with E-state index in [-0.39, 0.29) is 11.6 Å². The van der Waals surface area contributed by atoms with Gasteiger partial charge in [0.1, 0.15) is 24.4 Å². The van der Waals surface area contributed by atoms with Crippen LogP contribution in [0.5, 0.6) is 0 Å². The van der Waals surface area contributed by atoms with Crippen molar-refractivity contribution in [1.82, 2.24) is 5.32 Å². The first-order chi connectivity index (χ1) is 13.2. The zero-order chi connectivity index (χ0) is 20.6. The topological polar surface area (TPSA) is 141 Å². The fourth-order valence-electron chi connectivity index (χ4n) is 3.27. The summed E-state index contributed by atoms with van der Waals surface area (Å²) in [5.74, 6) is -0.868. The molecule has 3 rings (SSSR count). The lowest BCUT2D eigenvalue weighted by Crippen LogP contribution is -2.64. The molecule has 0 aromatic heterocycles. The van der Waals surface area contributed by atoms with Crippen LogP contribution >= 0.6 is 0 Å². The number of hydrogen-bond donors (Lipinski definition) is 4. The molecule has 1 aromatic rings. The third kappa shape index (κ3) is 3.59. The normalized spacial score (nSPS) is 31.1. The first-order valence-corrected chi connectivity index (χ1v) is 8.77. The number of carbonyl (C=O) groups excluding carboxylic acids is 2. The minimum absolute atomic E-state index is 0.0486. The standard InChI is InChI=1S/C18H23N3O7/c1-8-4-5-11-10(6-8)13(17(26)21(11)3)20-28-18-14(19-9(2)23)16(25)15(24)12(7-22)27-18/h4-6,12,14-16,18,22,24-25H,7H2,1-3H3,(H,19,23)/b20-13-/t12-,14+,15-,16-,18+/m1/s1. The lowest BCUT2D eigenvalue weighted by molar-refractivity contribution is -0.270. The summed E-state index contributed by atoms with van der Waals surface area (Å²) in [6.07, 6.45) is -5.35. The number of carbonyl (C=O) groups is 2. The van der Waals surface area contributed by atoms with E-state index in [0.717, 1.165) is 5.56 Å². The number of fused-ring (bicyclic) bond motifs is 1. The number of aliphatic hydroxyl groups is 3. The van der Waals surface area contributed by atoms with Crippen LogP contribution in [0.3, 0.4) is 0 Å². The van der Waals surface area contributed by atoms with Crippen LogP contribution < -0.4 is 10.2 Å². The Hall–Kier alpha value is -2.53. The Balaban J connectivity index is 1.89. The molecule has 2 aliphatic rings. The number of oxime groups is 1. The maximum Gasteiger partial charge on any atom is 0.280 e. The van der Waals surface area contributed by atoms with Crippen LogP contribution in [0.15, 0.2) is 23.4 Å². The van der Waals surface area contributed by atoms with Gasteiger partial charge in [-0.05, 0) is 19.1 Å². The Kier molecular flexibility index (Phi) is 5.66. The van der Waals surface area contributed by atoms with Crippen LogP contribution in [0.4, 0.5) is 5.69 Å². The van der Waals surface area contributed by atoms with Crippen molar-refractivity contribution in [3.63, 3.8) is 0 Å². The highest BCUT2D eigenvalue weighted by Gasteiger charge is 2.46. The van der Waals surface area contributed by atoms with E-state index in [1.54, 1.807) is 19.2 Å². The molecule has 0 aliphatic carbocycles. The number of aliphatic hydroxyl groups excluding tert-OH is 3. The van der Waals surface area contributed by atoms with Crippen molar-refractivity contribution in [3.8, 4) is 0 Å². The predicted octanol–water partition coefficient (Wildman–Crippen LogP) is -1.36. The molecule has 1 saturated heterocycles. The summed E-state index contributed by atoms with van der Waals surface area (Å²) in [7, 11) is 1.61. The van der Waals surface area contributed by atoms with Crippen molar-refractivity contribution in [2.75, 3.05) is 18.6 Å². The smallest absolute Gasteiger partial charge is 0.280 e. The van der Waals surface area contributed by atoms with Crippen LogP contribution in [0.1, 0.15) is 18.1 Å². The fraction of sp³-hybridized carbons (Fsp3) is 0.500. The van der Waals surface area contributed by atoms with Gasteiger partial charge in [-0.15, -0.1) is 0 Å². The number of ether oxygens (including phenoxy) is 1. The third-order valence-corrected chi connectivity index (χ3v) is 4.77. The molecule has 10 heteroatoms. The second kappa shape index (κ2) is 7.84. The number of anilines is 1. The molecule has 0 saturated carbocycles. The van der Waals surface area contributed by atoms with Gasteiger partial charge in [0.25, 0.3) is 5.91 Å². The number of nitrogens with zero attached hydrogens (tertiary/aromatic N) is 2. The summed E-state index contributed by atoms with van der Waals surface area (Å²) < 4.78 is 5.44. The minimum atomic E-state index is -1.46. The largest absolute Gasteiger partial charge is 0.394 e. The molecule has 10 nitrogen and oxygen atoms in total. The van der Waals surface area contributed by atoms with Gasteiger partial charge < -0.3 is 35.1 Å². The van der Waals surface area contributed by atoms with Gasteiger partial charge >= 0.3 is 0 Å². The molecule has 2 aliphatic heterocycles. The lowest BCUT2D eigenvalue weighted by Gasteiger charge is -2.40. The van der Waals surface area contributed by atoms with Gasteiger partial charge in [0, 0.05) is 19.5 Å². The van der Waals surface area contributed by atoms with Crippen LogP contribution in [-0.2, 0) is 19.2 Å². The van der Waals surface area contributed by atoms with Gasteiger partial charge in [-0.2, -0.15) is 0 Å². The van der Waals surface area contributed by atoms with Crippen molar-refractivity contribution in [1.29, 1.82) is 0 Å². The SMILES string of the molecule is CC(=O)N[C@@H]1[C@H](O/N=C2\C(=O)N(C)c3ccc(C)cc32)O[C@H](CO)[C@@H](O)[C@@H]1O. The van der Waals surface area contributed by atoms with Gasteiger partial charge in [-0.3, -0.25) is 9.59 Å². The monoisotopic (exact) mass is 393 g/mol. The van der Waals surface area contributed by atoms with E-state index in [4.69, 9.17) is 9.57 Å². The second-order valence-corrected chi connectivity index (χ2v) is 6.86. The Labute approximate surface area is 161 Å². The van der Waals surface area contributed by atoms with E-state index in [1.807, 2.05) is 13.0 Å². The van der Waals surface area contributed by atoms with E-state index >= 15 is 0 Å². The summed E-state index contributed by atoms with van der Waals surface area (Å²) >= 11 is 0. The summed E-state index contributed by atoms with van der Waals surface area (Å²) in [5, 5.41) is 36.0. The lowest BCUT2D eigenvalue weighted by atomic mass is 9.97. The van der Waals surface area contributed by atoms with Crippen molar-refractivity contribution < 1.29 is 34.5 Å². The van der Waals surface area contributed by atoms with Gasteiger partial charge in [0.2, 0.25) is 12.2 Å². The zero-order valence-electron chi connectivity index (χ0n) is 15.7. The molecular formula is C18H23N3O7. The van der Waals surface area contributed by atoms with E-state index in [9.17, 15) is 24.9 Å². The molecule has 4 N–H and O–H groups in total. The van der Waals surface area contributed by atoms with E-state index in [0.29, 0.717) is 11.3 Å². The third-order valence-electron chi connectivity index (χ3n) is 4.77. The van der Waals surface area contributed by atoms with E-state index in [1.165, 1.54) is 11.8 Å². The van der Waals surface area contributed by atoms with Crippen LogP contribution in [0, 0.1) is 6.92 Å². The summed E-state index contributed by atoms with van der Waals surface area (Å²) in [4.78, 5) is 30.8. The van der Waals surface area contributed by atoms with Crippen LogP contribution in [-0.4, -0.2) is 77.1 Å². The molecule has 2 amide bonds. The van der Waals surface area contributed by atoms with E-state index in [2.05, 4.69) is 10.5 Å². The maximum atomic E-state index is 12.5. The first kappa shape index (κ1) is 20.2. The van der Waals surface area contributed by atoms with Gasteiger partial charge in [-0.1, -0.05) is 16.8 Å². The highest BCUT2D eigenvalue weighted by atomic mass is 16.8. The van der Waals surface area contributed by atoms with E-state index < -0.39 is 43.2 Å². The number of rotatable bonds is 4. The average Bonchev–Trinajstić information content (AvgIpc) is 2.88. The van der Waals surface area contributed by atoms with Crippen molar-refractivity contribution in [3.05, 3.63) is 29.3 Å². The zero-order valence-corrected chi connectivity index (χ0v) is 15.7. The molecule has 0 spiro atoms. The Bertz CT molecular complexity index is 812. The summed E-state index contributed by atoms with van der Waals surface area (Å²) in [6.45, 7) is 2.53. The minimum Gasteiger partial charge on any atom is -0.394 e. The molecule has 1 aromatic carbocycles. The highest BCUT2D eigenvalue weighted by molar-refractivity contribution is 6.54. The Morgan fingerprint density at radius 1 is 1.36 bits per heavy atom. The Morgan fingerprint density at radius 3 is 2.71 bits per heavy atom. The van der Waals surface area contributed by atoms with Gasteiger partial charge in [-0.25, -0.2) is 0 Å². The molecule has 1 fully saturated rings.